The van der Waals surface area contributed by atoms with E-state index >= 15 is 0 Å². The molecule has 1 saturated heterocycles. The van der Waals surface area contributed by atoms with Gasteiger partial charge in [-0.2, -0.15) is 5.26 Å². The number of hydrogen-bond acceptors (Lipinski definition) is 4. The Labute approximate surface area is 154 Å². The van der Waals surface area contributed by atoms with E-state index in [2.05, 4.69) is 48.7 Å². The van der Waals surface area contributed by atoms with Gasteiger partial charge < -0.3 is 9.30 Å². The summed E-state index contributed by atoms with van der Waals surface area (Å²) in [5, 5.41) is 10.4. The summed E-state index contributed by atoms with van der Waals surface area (Å²) in [4.78, 5) is 4.71. The van der Waals surface area contributed by atoms with Gasteiger partial charge in [-0.05, 0) is 45.6 Å². The maximum atomic E-state index is 9.62. The fourth-order valence-electron chi connectivity index (χ4n) is 3.10. The van der Waals surface area contributed by atoms with Crippen LogP contribution in [0.4, 0.5) is 0 Å². The van der Waals surface area contributed by atoms with Crippen molar-refractivity contribution in [1.29, 1.82) is 5.26 Å². The molecule has 0 unspecified atom stereocenters. The monoisotopic (exact) mass is 355 g/mol. The Hall–Kier alpha value is -1.77. The number of thioether (sulfide) groups is 1. The number of rotatable bonds is 6. The number of imidazole rings is 1. The number of nitriles is 1. The lowest BCUT2D eigenvalue weighted by molar-refractivity contribution is 0.0944. The van der Waals surface area contributed by atoms with Gasteiger partial charge in [-0.15, -0.1) is 0 Å². The van der Waals surface area contributed by atoms with Gasteiger partial charge in [0, 0.05) is 12.3 Å². The molecule has 1 aromatic carbocycles. The summed E-state index contributed by atoms with van der Waals surface area (Å²) in [6.07, 6.45) is 3.23. The molecule has 0 N–H and O–H groups in total. The van der Waals surface area contributed by atoms with E-state index in [1.165, 1.54) is 16.8 Å². The van der Waals surface area contributed by atoms with E-state index in [9.17, 15) is 5.26 Å². The molecule has 2 heterocycles. The molecule has 25 heavy (non-hydrogen) atoms. The number of benzene rings is 1. The van der Waals surface area contributed by atoms with Crippen molar-refractivity contribution < 1.29 is 4.74 Å². The van der Waals surface area contributed by atoms with Crippen LogP contribution in [0.5, 0.6) is 0 Å². The molecule has 2 atom stereocenters. The summed E-state index contributed by atoms with van der Waals surface area (Å²) in [6.45, 7) is 7.90. The van der Waals surface area contributed by atoms with Gasteiger partial charge in [0.2, 0.25) is 0 Å². The van der Waals surface area contributed by atoms with Crippen LogP contribution in [-0.4, -0.2) is 27.5 Å². The molecule has 0 amide bonds. The minimum absolute atomic E-state index is 0.146. The van der Waals surface area contributed by atoms with E-state index in [1.807, 2.05) is 6.92 Å². The van der Waals surface area contributed by atoms with Crippen LogP contribution >= 0.6 is 11.8 Å². The molecule has 0 saturated carbocycles. The zero-order chi connectivity index (χ0) is 17.8. The molecule has 1 aliphatic rings. The third kappa shape index (κ3) is 4.45. The van der Waals surface area contributed by atoms with Crippen LogP contribution in [0, 0.1) is 32.1 Å². The van der Waals surface area contributed by atoms with E-state index in [-0.39, 0.29) is 11.4 Å². The topological polar surface area (TPSA) is 50.8 Å². The average molecular weight is 356 g/mol. The molecule has 1 fully saturated rings. The predicted molar refractivity (Wildman–Crippen MR) is 101 cm³/mol. The second-order valence-electron chi connectivity index (χ2n) is 6.74. The van der Waals surface area contributed by atoms with Crippen molar-refractivity contribution in [2.45, 2.75) is 63.1 Å². The molecule has 5 heteroatoms. The maximum absolute atomic E-state index is 9.62. The minimum Gasteiger partial charge on any atom is -0.376 e. The first-order chi connectivity index (χ1) is 12.1. The number of nitrogens with zero attached hydrogens (tertiary/aromatic N) is 3. The molecule has 4 nitrogen and oxygen atoms in total. The lowest BCUT2D eigenvalue weighted by Crippen LogP contribution is -2.17. The van der Waals surface area contributed by atoms with Crippen molar-refractivity contribution in [3.8, 4) is 6.07 Å². The van der Waals surface area contributed by atoms with Crippen molar-refractivity contribution in [2.75, 3.05) is 6.61 Å². The van der Waals surface area contributed by atoms with Gasteiger partial charge in [-0.1, -0.05) is 41.6 Å². The van der Waals surface area contributed by atoms with Gasteiger partial charge >= 0.3 is 0 Å². The van der Waals surface area contributed by atoms with E-state index in [0.29, 0.717) is 0 Å². The smallest absolute Gasteiger partial charge is 0.169 e. The van der Waals surface area contributed by atoms with Crippen LogP contribution in [-0.2, 0) is 17.7 Å². The SMILES string of the molecule is Cc1ccc(C[C@@H](C#N)Sc2nc(C)c(C)n2C[C@H]2CCCO2)cc1. The molecule has 2 aromatic rings. The van der Waals surface area contributed by atoms with Crippen molar-refractivity contribution in [3.63, 3.8) is 0 Å². The summed E-state index contributed by atoms with van der Waals surface area (Å²) < 4.78 is 8.02. The Kier molecular flexibility index (Phi) is 5.82. The maximum Gasteiger partial charge on any atom is 0.169 e. The highest BCUT2D eigenvalue weighted by atomic mass is 32.2. The molecule has 1 aromatic heterocycles. The standard InChI is InChI=1S/C20H25N3OS/c1-14-6-8-17(9-7-14)11-19(12-21)25-20-22-15(2)16(3)23(20)13-18-5-4-10-24-18/h6-9,18-19H,4-5,10-11,13H2,1-3H3/t18-,19+/m1/s1. The second kappa shape index (κ2) is 8.07. The Morgan fingerprint density at radius 3 is 2.72 bits per heavy atom. The normalized spacial score (nSPS) is 18.2. The number of ether oxygens (including phenoxy) is 1. The fourth-order valence-corrected chi connectivity index (χ4v) is 4.21. The van der Waals surface area contributed by atoms with Crippen LogP contribution in [0.3, 0.4) is 0 Å². The number of hydrogen-bond donors (Lipinski definition) is 0. The van der Waals surface area contributed by atoms with E-state index < -0.39 is 0 Å². The lowest BCUT2D eigenvalue weighted by atomic mass is 10.1. The largest absolute Gasteiger partial charge is 0.376 e. The van der Waals surface area contributed by atoms with E-state index in [0.717, 1.165) is 43.3 Å². The first kappa shape index (κ1) is 18.0. The van der Waals surface area contributed by atoms with Gasteiger partial charge in [0.1, 0.15) is 5.25 Å². The van der Waals surface area contributed by atoms with Crippen molar-refractivity contribution in [1.82, 2.24) is 9.55 Å². The number of aryl methyl sites for hydroxylation is 2. The van der Waals surface area contributed by atoms with Gasteiger partial charge in [0.05, 0.1) is 24.4 Å². The highest BCUT2D eigenvalue weighted by Crippen LogP contribution is 2.28. The molecular weight excluding hydrogens is 330 g/mol. The molecule has 0 aliphatic carbocycles. The summed E-state index contributed by atoms with van der Waals surface area (Å²) in [7, 11) is 0. The van der Waals surface area contributed by atoms with Crippen molar-refractivity contribution in [3.05, 3.63) is 46.8 Å². The summed E-state index contributed by atoms with van der Waals surface area (Å²) in [6, 6.07) is 10.9. The molecule has 0 spiro atoms. The van der Waals surface area contributed by atoms with Gasteiger partial charge in [-0.25, -0.2) is 4.98 Å². The second-order valence-corrected chi connectivity index (χ2v) is 7.91. The Morgan fingerprint density at radius 1 is 1.32 bits per heavy atom. The van der Waals surface area contributed by atoms with E-state index in [4.69, 9.17) is 9.72 Å². The van der Waals surface area contributed by atoms with Crippen LogP contribution in [0.15, 0.2) is 29.4 Å². The quantitative estimate of drug-likeness (QED) is 0.728. The van der Waals surface area contributed by atoms with Crippen LogP contribution in [0.1, 0.15) is 35.4 Å². The van der Waals surface area contributed by atoms with E-state index in [1.54, 1.807) is 11.8 Å². The summed E-state index contributed by atoms with van der Waals surface area (Å²) in [5.74, 6) is 0. The van der Waals surface area contributed by atoms with Crippen LogP contribution < -0.4 is 0 Å². The van der Waals surface area contributed by atoms with Crippen LogP contribution in [0.25, 0.3) is 0 Å². The number of aromatic nitrogens is 2. The molecule has 0 bridgehead atoms. The van der Waals surface area contributed by atoms with Gasteiger partial charge in [0.25, 0.3) is 0 Å². The first-order valence-corrected chi connectivity index (χ1v) is 9.72. The zero-order valence-corrected chi connectivity index (χ0v) is 16.0. The van der Waals surface area contributed by atoms with Crippen molar-refractivity contribution in [2.24, 2.45) is 0 Å². The van der Waals surface area contributed by atoms with Crippen LogP contribution in [0.2, 0.25) is 0 Å². The van der Waals surface area contributed by atoms with Gasteiger partial charge in [-0.3, -0.25) is 0 Å². The fraction of sp³-hybridized carbons (Fsp3) is 0.500. The Morgan fingerprint density at radius 2 is 2.08 bits per heavy atom. The third-order valence-corrected chi connectivity index (χ3v) is 5.85. The highest BCUT2D eigenvalue weighted by molar-refractivity contribution is 8.00. The predicted octanol–water partition coefficient (Wildman–Crippen LogP) is 4.21. The molecule has 132 valence electrons. The summed E-state index contributed by atoms with van der Waals surface area (Å²) >= 11 is 1.57. The Bertz CT molecular complexity index is 754. The third-order valence-electron chi connectivity index (χ3n) is 4.77. The lowest BCUT2D eigenvalue weighted by Gasteiger charge is -2.16. The zero-order valence-electron chi connectivity index (χ0n) is 15.2. The molecule has 1 aliphatic heterocycles. The highest BCUT2D eigenvalue weighted by Gasteiger charge is 2.22. The van der Waals surface area contributed by atoms with Gasteiger partial charge in [0.15, 0.2) is 5.16 Å². The minimum atomic E-state index is -0.146. The molecule has 3 rings (SSSR count). The first-order valence-electron chi connectivity index (χ1n) is 8.84. The Balaban J connectivity index is 1.74. The summed E-state index contributed by atoms with van der Waals surface area (Å²) in [5.41, 5.74) is 4.64. The average Bonchev–Trinajstić information content (AvgIpc) is 3.20. The van der Waals surface area contributed by atoms with Crippen molar-refractivity contribution >= 4 is 11.8 Å². The molecule has 0 radical (unpaired) electrons. The molecular formula is C20H25N3OS.